The first-order valence-electron chi connectivity index (χ1n) is 7.23. The maximum atomic E-state index is 11.7. The van der Waals surface area contributed by atoms with Crippen LogP contribution in [0.1, 0.15) is 46.1 Å². The number of amides is 1. The normalized spacial score (nSPS) is 18.0. The van der Waals surface area contributed by atoms with Gasteiger partial charge in [-0.3, -0.25) is 5.32 Å². The van der Waals surface area contributed by atoms with Crippen LogP contribution < -0.4 is 11.1 Å². The number of aromatic hydroxyl groups is 1. The number of hydrogen-bond donors (Lipinski definition) is 3. The number of phenolic OH excluding ortho intramolecular Hbond substituents is 1. The van der Waals surface area contributed by atoms with Crippen molar-refractivity contribution in [1.82, 2.24) is 0 Å². The topological polar surface area (TPSA) is 84.6 Å². The molecule has 1 amide bonds. The van der Waals surface area contributed by atoms with Crippen LogP contribution >= 0.6 is 0 Å². The average molecular weight is 292 g/mol. The first-order valence-corrected chi connectivity index (χ1v) is 7.23. The lowest BCUT2D eigenvalue weighted by atomic mass is 9.89. The molecule has 1 aliphatic carbocycles. The molecule has 1 saturated carbocycles. The van der Waals surface area contributed by atoms with E-state index in [9.17, 15) is 9.90 Å². The Hall–Kier alpha value is -1.75. The zero-order valence-electron chi connectivity index (χ0n) is 13.1. The predicted octanol–water partition coefficient (Wildman–Crippen LogP) is 3.12. The minimum Gasteiger partial charge on any atom is -0.506 e. The van der Waals surface area contributed by atoms with Gasteiger partial charge in [0, 0.05) is 11.5 Å². The molecule has 21 heavy (non-hydrogen) atoms. The molecule has 0 saturated heterocycles. The number of rotatable bonds is 3. The summed E-state index contributed by atoms with van der Waals surface area (Å²) in [5.41, 5.74) is 6.79. The van der Waals surface area contributed by atoms with Crippen molar-refractivity contribution in [2.24, 2.45) is 5.73 Å². The maximum Gasteiger partial charge on any atom is 0.412 e. The number of carbonyl (C=O) groups excluding carboxylic acids is 1. The Morgan fingerprint density at radius 1 is 1.43 bits per heavy atom. The van der Waals surface area contributed by atoms with Gasteiger partial charge in [-0.2, -0.15) is 0 Å². The molecule has 5 heteroatoms. The van der Waals surface area contributed by atoms with Crippen LogP contribution in [0, 0.1) is 0 Å². The summed E-state index contributed by atoms with van der Waals surface area (Å²) in [5, 5.41) is 12.7. The third-order valence-corrected chi connectivity index (χ3v) is 3.87. The van der Waals surface area contributed by atoms with E-state index in [0.717, 1.165) is 18.4 Å². The van der Waals surface area contributed by atoms with E-state index in [4.69, 9.17) is 10.5 Å². The van der Waals surface area contributed by atoms with E-state index in [1.54, 1.807) is 32.9 Å². The van der Waals surface area contributed by atoms with Crippen LogP contribution in [0.4, 0.5) is 10.5 Å². The monoisotopic (exact) mass is 292 g/mol. The van der Waals surface area contributed by atoms with Gasteiger partial charge >= 0.3 is 6.09 Å². The molecule has 1 atom stereocenters. The molecule has 0 spiro atoms. The lowest BCUT2D eigenvalue weighted by Crippen LogP contribution is -2.31. The van der Waals surface area contributed by atoms with E-state index < -0.39 is 11.7 Å². The first-order chi connectivity index (χ1) is 9.64. The molecule has 2 rings (SSSR count). The fraction of sp³-hybridized carbons (Fsp3) is 0.562. The van der Waals surface area contributed by atoms with Crippen LogP contribution in [0.2, 0.25) is 0 Å². The van der Waals surface area contributed by atoms with Crippen LogP contribution in [-0.4, -0.2) is 22.8 Å². The van der Waals surface area contributed by atoms with Crippen molar-refractivity contribution >= 4 is 11.8 Å². The second kappa shape index (κ2) is 5.22. The Morgan fingerprint density at radius 2 is 2.05 bits per heavy atom. The average Bonchev–Trinajstić information content (AvgIpc) is 3.10. The van der Waals surface area contributed by atoms with Crippen LogP contribution in [0.15, 0.2) is 18.2 Å². The number of anilines is 1. The standard InChI is InChI=1S/C16H24N2O3/c1-10(17)16(7-8-16)11-5-6-12(13(19)9-11)18-14(20)21-15(2,3)4/h5-6,9-10,19H,7-8,17H2,1-4H3,(H,18,20). The van der Waals surface area contributed by atoms with Crippen molar-refractivity contribution in [3.8, 4) is 5.75 Å². The zero-order chi connectivity index (χ0) is 15.8. The highest BCUT2D eigenvalue weighted by atomic mass is 16.6. The summed E-state index contributed by atoms with van der Waals surface area (Å²) in [5.74, 6) is 0.0327. The lowest BCUT2D eigenvalue weighted by Gasteiger charge is -2.22. The van der Waals surface area contributed by atoms with Gasteiger partial charge in [-0.25, -0.2) is 4.79 Å². The summed E-state index contributed by atoms with van der Waals surface area (Å²) < 4.78 is 5.16. The molecule has 0 aliphatic heterocycles. The van der Waals surface area contributed by atoms with Crippen molar-refractivity contribution in [1.29, 1.82) is 0 Å². The van der Waals surface area contributed by atoms with E-state index in [1.807, 2.05) is 13.0 Å². The lowest BCUT2D eigenvalue weighted by molar-refractivity contribution is 0.0635. The Balaban J connectivity index is 2.12. The number of benzene rings is 1. The van der Waals surface area contributed by atoms with E-state index in [-0.39, 0.29) is 17.2 Å². The largest absolute Gasteiger partial charge is 0.506 e. The first kappa shape index (κ1) is 15.6. The van der Waals surface area contributed by atoms with Crippen LogP contribution in [0.25, 0.3) is 0 Å². The van der Waals surface area contributed by atoms with Gasteiger partial charge in [-0.1, -0.05) is 6.07 Å². The predicted molar refractivity (Wildman–Crippen MR) is 82.5 cm³/mol. The molecule has 116 valence electrons. The van der Waals surface area contributed by atoms with Gasteiger partial charge in [0.15, 0.2) is 0 Å². The van der Waals surface area contributed by atoms with Crippen LogP contribution in [0.5, 0.6) is 5.75 Å². The van der Waals surface area contributed by atoms with Crippen molar-refractivity contribution in [2.75, 3.05) is 5.32 Å². The number of hydrogen-bond acceptors (Lipinski definition) is 4. The minimum absolute atomic E-state index is 0.0259. The van der Waals surface area contributed by atoms with Gasteiger partial charge in [-0.05, 0) is 58.2 Å². The second-order valence-electron chi connectivity index (χ2n) is 6.80. The van der Waals surface area contributed by atoms with Crippen molar-refractivity contribution in [3.63, 3.8) is 0 Å². The van der Waals surface area contributed by atoms with Crippen molar-refractivity contribution in [3.05, 3.63) is 23.8 Å². The van der Waals surface area contributed by atoms with E-state index in [2.05, 4.69) is 5.32 Å². The Bertz CT molecular complexity index is 543. The van der Waals surface area contributed by atoms with E-state index in [0.29, 0.717) is 5.69 Å². The molecule has 0 aromatic heterocycles. The molecular weight excluding hydrogens is 268 g/mol. The van der Waals surface area contributed by atoms with Crippen molar-refractivity contribution in [2.45, 2.75) is 57.6 Å². The fourth-order valence-electron chi connectivity index (χ4n) is 2.50. The van der Waals surface area contributed by atoms with E-state index in [1.165, 1.54) is 0 Å². The molecule has 4 N–H and O–H groups in total. The summed E-state index contributed by atoms with van der Waals surface area (Å²) in [6.07, 6.45) is 1.48. The van der Waals surface area contributed by atoms with Crippen LogP contribution in [0.3, 0.4) is 0 Å². The van der Waals surface area contributed by atoms with Gasteiger partial charge in [0.2, 0.25) is 0 Å². The van der Waals surface area contributed by atoms with Gasteiger partial charge < -0.3 is 15.6 Å². The highest BCUT2D eigenvalue weighted by Gasteiger charge is 2.47. The Morgan fingerprint density at radius 3 is 2.48 bits per heavy atom. The summed E-state index contributed by atoms with van der Waals surface area (Å²) in [6, 6.07) is 5.32. The highest BCUT2D eigenvalue weighted by Crippen LogP contribution is 2.51. The SMILES string of the molecule is CC(N)C1(c2ccc(NC(=O)OC(C)(C)C)c(O)c2)CC1. The molecule has 0 heterocycles. The molecule has 1 aromatic carbocycles. The number of carbonyl (C=O) groups is 1. The van der Waals surface area contributed by atoms with Crippen LogP contribution in [-0.2, 0) is 10.2 Å². The molecule has 5 nitrogen and oxygen atoms in total. The van der Waals surface area contributed by atoms with Gasteiger partial charge in [0.25, 0.3) is 0 Å². The Kier molecular flexibility index (Phi) is 3.89. The number of nitrogens with one attached hydrogen (secondary N) is 1. The fourth-order valence-corrected chi connectivity index (χ4v) is 2.50. The molecule has 1 aromatic rings. The number of ether oxygens (including phenoxy) is 1. The van der Waals surface area contributed by atoms with Crippen molar-refractivity contribution < 1.29 is 14.6 Å². The minimum atomic E-state index is -0.584. The summed E-state index contributed by atoms with van der Waals surface area (Å²) in [6.45, 7) is 7.34. The Labute approximate surface area is 125 Å². The molecule has 0 bridgehead atoms. The van der Waals surface area contributed by atoms with Gasteiger partial charge in [0.05, 0.1) is 5.69 Å². The quantitative estimate of drug-likeness (QED) is 0.747. The second-order valence-corrected chi connectivity index (χ2v) is 6.80. The molecule has 0 radical (unpaired) electrons. The number of phenols is 1. The molecular formula is C16H24N2O3. The maximum absolute atomic E-state index is 11.7. The highest BCUT2D eigenvalue weighted by molar-refractivity contribution is 5.87. The van der Waals surface area contributed by atoms with Gasteiger partial charge in [-0.15, -0.1) is 0 Å². The molecule has 1 fully saturated rings. The molecule has 1 aliphatic rings. The number of nitrogens with two attached hydrogens (primary N) is 1. The third kappa shape index (κ3) is 3.47. The molecule has 1 unspecified atom stereocenters. The zero-order valence-corrected chi connectivity index (χ0v) is 13.1. The third-order valence-electron chi connectivity index (χ3n) is 3.87. The smallest absolute Gasteiger partial charge is 0.412 e. The van der Waals surface area contributed by atoms with E-state index >= 15 is 0 Å². The summed E-state index contributed by atoms with van der Waals surface area (Å²) in [7, 11) is 0. The summed E-state index contributed by atoms with van der Waals surface area (Å²) >= 11 is 0. The summed E-state index contributed by atoms with van der Waals surface area (Å²) in [4.78, 5) is 11.7. The van der Waals surface area contributed by atoms with Gasteiger partial charge in [0.1, 0.15) is 11.4 Å².